The molecule has 2 N–H and O–H groups in total. The van der Waals surface area contributed by atoms with Gasteiger partial charge in [0, 0.05) is 18.2 Å². The number of nitrogens with zero attached hydrogens (tertiary/aromatic N) is 1. The third kappa shape index (κ3) is 3.85. The van der Waals surface area contributed by atoms with Crippen molar-refractivity contribution in [2.45, 2.75) is 12.5 Å². The van der Waals surface area contributed by atoms with Crippen molar-refractivity contribution in [2.24, 2.45) is 0 Å². The highest BCUT2D eigenvalue weighted by atomic mass is 32.1. The van der Waals surface area contributed by atoms with Gasteiger partial charge in [0.25, 0.3) is 5.91 Å². The minimum Gasteiger partial charge on any atom is -0.388 e. The lowest BCUT2D eigenvalue weighted by Gasteiger charge is -2.08. The van der Waals surface area contributed by atoms with Crippen LogP contribution in [-0.4, -0.2) is 22.7 Å². The van der Waals surface area contributed by atoms with Crippen LogP contribution in [0.4, 0.5) is 0 Å². The average molecular weight is 328 g/mol. The van der Waals surface area contributed by atoms with E-state index in [0.717, 1.165) is 11.1 Å². The van der Waals surface area contributed by atoms with Crippen molar-refractivity contribution in [2.75, 3.05) is 6.54 Å². The summed E-state index contributed by atoms with van der Waals surface area (Å²) in [6.45, 7) is 0.364. The predicted octanol–water partition coefficient (Wildman–Crippen LogP) is 3.26. The fourth-order valence-corrected chi connectivity index (χ4v) is 2.87. The Labute approximate surface area is 137 Å². The first-order chi connectivity index (χ1) is 11.2. The summed E-state index contributed by atoms with van der Waals surface area (Å²) in [5.41, 5.74) is 1.97. The lowest BCUT2D eigenvalue weighted by molar-refractivity contribution is 0.0934. The number of aliphatic hydroxyl groups is 1. The van der Waals surface area contributed by atoms with Gasteiger partial charge in [-0.2, -0.15) is 11.3 Å². The molecule has 1 atom stereocenters. The molecule has 0 fully saturated rings. The molecule has 3 rings (SSSR count). The number of rotatable bonds is 6. The molecule has 0 saturated heterocycles. The highest BCUT2D eigenvalue weighted by Gasteiger charge is 2.14. The van der Waals surface area contributed by atoms with Crippen LogP contribution in [0.3, 0.4) is 0 Å². The number of aliphatic hydroxyl groups excluding tert-OH is 1. The monoisotopic (exact) mass is 328 g/mol. The number of carbonyl (C=O) groups excluding carboxylic acids is 1. The number of aromatic nitrogens is 1. The van der Waals surface area contributed by atoms with Crippen molar-refractivity contribution >= 4 is 17.2 Å². The van der Waals surface area contributed by atoms with Crippen LogP contribution in [0.5, 0.6) is 0 Å². The number of benzene rings is 1. The van der Waals surface area contributed by atoms with E-state index in [1.807, 2.05) is 47.2 Å². The fourth-order valence-electron chi connectivity index (χ4n) is 2.16. The molecule has 3 aromatic rings. The van der Waals surface area contributed by atoms with Gasteiger partial charge in [0.2, 0.25) is 0 Å². The number of hydrogen-bond donors (Lipinski definition) is 2. The van der Waals surface area contributed by atoms with Gasteiger partial charge < -0.3 is 14.9 Å². The number of amides is 1. The SMILES string of the molecule is O=C(NCC[C@@H](O)c1ccsc1)c1cc(-c2ccccc2)on1. The van der Waals surface area contributed by atoms with Gasteiger partial charge in [-0.1, -0.05) is 35.5 Å². The number of hydrogen-bond acceptors (Lipinski definition) is 5. The van der Waals surface area contributed by atoms with Crippen molar-refractivity contribution in [3.63, 3.8) is 0 Å². The van der Waals surface area contributed by atoms with E-state index in [4.69, 9.17) is 4.52 Å². The van der Waals surface area contributed by atoms with Gasteiger partial charge in [-0.3, -0.25) is 4.79 Å². The summed E-state index contributed by atoms with van der Waals surface area (Å²) in [6, 6.07) is 13.0. The predicted molar refractivity (Wildman–Crippen MR) is 88.2 cm³/mol. The molecule has 0 aliphatic heterocycles. The molecule has 5 nitrogen and oxygen atoms in total. The van der Waals surface area contributed by atoms with Gasteiger partial charge in [-0.15, -0.1) is 0 Å². The zero-order chi connectivity index (χ0) is 16.1. The summed E-state index contributed by atoms with van der Waals surface area (Å²) >= 11 is 1.54. The smallest absolute Gasteiger partial charge is 0.273 e. The van der Waals surface area contributed by atoms with Crippen LogP contribution in [0.2, 0.25) is 0 Å². The van der Waals surface area contributed by atoms with Crippen molar-refractivity contribution in [1.29, 1.82) is 0 Å². The molecule has 0 radical (unpaired) electrons. The molecular weight excluding hydrogens is 312 g/mol. The Kier molecular flexibility index (Phi) is 4.85. The number of thiophene rings is 1. The first-order valence-corrected chi connectivity index (χ1v) is 8.19. The maximum absolute atomic E-state index is 12.0. The lowest BCUT2D eigenvalue weighted by atomic mass is 10.1. The van der Waals surface area contributed by atoms with Crippen molar-refractivity contribution in [1.82, 2.24) is 10.5 Å². The van der Waals surface area contributed by atoms with Crippen LogP contribution < -0.4 is 5.32 Å². The van der Waals surface area contributed by atoms with Crippen LogP contribution in [0.15, 0.2) is 57.7 Å². The second-order valence-electron chi connectivity index (χ2n) is 5.06. The Morgan fingerprint density at radius 3 is 2.87 bits per heavy atom. The minimum atomic E-state index is -0.571. The van der Waals surface area contributed by atoms with E-state index in [0.29, 0.717) is 18.7 Å². The molecule has 0 aliphatic carbocycles. The fraction of sp³-hybridized carbons (Fsp3) is 0.176. The van der Waals surface area contributed by atoms with E-state index < -0.39 is 6.10 Å². The molecular formula is C17H16N2O3S. The van der Waals surface area contributed by atoms with Gasteiger partial charge in [0.15, 0.2) is 11.5 Å². The summed E-state index contributed by atoms with van der Waals surface area (Å²) in [5, 5.41) is 20.3. The second-order valence-corrected chi connectivity index (χ2v) is 5.84. The average Bonchev–Trinajstić information content (AvgIpc) is 3.27. The Morgan fingerprint density at radius 2 is 2.13 bits per heavy atom. The maximum atomic E-state index is 12.0. The van der Waals surface area contributed by atoms with E-state index in [-0.39, 0.29) is 11.6 Å². The molecule has 23 heavy (non-hydrogen) atoms. The minimum absolute atomic E-state index is 0.230. The molecule has 6 heteroatoms. The maximum Gasteiger partial charge on any atom is 0.273 e. The number of nitrogens with one attached hydrogen (secondary N) is 1. The van der Waals surface area contributed by atoms with Gasteiger partial charge in [-0.05, 0) is 28.8 Å². The van der Waals surface area contributed by atoms with Crippen LogP contribution in [0, 0.1) is 0 Å². The zero-order valence-electron chi connectivity index (χ0n) is 12.3. The summed E-state index contributed by atoms with van der Waals surface area (Å²) in [6.07, 6.45) is -0.120. The molecule has 1 aromatic carbocycles. The summed E-state index contributed by atoms with van der Waals surface area (Å²) in [5.74, 6) is 0.238. The van der Waals surface area contributed by atoms with E-state index >= 15 is 0 Å². The summed E-state index contributed by atoms with van der Waals surface area (Å²) in [4.78, 5) is 12.0. The molecule has 2 heterocycles. The highest BCUT2D eigenvalue weighted by molar-refractivity contribution is 7.07. The van der Waals surface area contributed by atoms with Gasteiger partial charge in [0.1, 0.15) is 0 Å². The number of carbonyl (C=O) groups is 1. The lowest BCUT2D eigenvalue weighted by Crippen LogP contribution is -2.25. The highest BCUT2D eigenvalue weighted by Crippen LogP contribution is 2.20. The largest absolute Gasteiger partial charge is 0.388 e. The van der Waals surface area contributed by atoms with E-state index in [1.165, 1.54) is 11.3 Å². The third-order valence-electron chi connectivity index (χ3n) is 3.43. The van der Waals surface area contributed by atoms with Gasteiger partial charge >= 0.3 is 0 Å². The van der Waals surface area contributed by atoms with Crippen molar-refractivity contribution < 1.29 is 14.4 Å². The van der Waals surface area contributed by atoms with E-state index in [2.05, 4.69) is 10.5 Å². The third-order valence-corrected chi connectivity index (χ3v) is 4.13. The molecule has 0 unspecified atom stereocenters. The Hall–Kier alpha value is -2.44. The van der Waals surface area contributed by atoms with Crippen molar-refractivity contribution in [3.05, 3.63) is 64.5 Å². The quantitative estimate of drug-likeness (QED) is 0.728. The molecule has 118 valence electrons. The first kappa shape index (κ1) is 15.5. The first-order valence-electron chi connectivity index (χ1n) is 7.24. The van der Waals surface area contributed by atoms with Gasteiger partial charge in [-0.25, -0.2) is 0 Å². The Morgan fingerprint density at radius 1 is 1.30 bits per heavy atom. The zero-order valence-corrected chi connectivity index (χ0v) is 13.1. The molecule has 2 aromatic heterocycles. The van der Waals surface area contributed by atoms with Crippen LogP contribution in [-0.2, 0) is 0 Å². The summed E-state index contributed by atoms with van der Waals surface area (Å²) in [7, 11) is 0. The molecule has 0 saturated carbocycles. The van der Waals surface area contributed by atoms with Crippen LogP contribution in [0.25, 0.3) is 11.3 Å². The van der Waals surface area contributed by atoms with E-state index in [1.54, 1.807) is 6.07 Å². The topological polar surface area (TPSA) is 75.4 Å². The normalized spacial score (nSPS) is 12.0. The molecule has 0 bridgehead atoms. The molecule has 1 amide bonds. The van der Waals surface area contributed by atoms with Crippen LogP contribution in [0.1, 0.15) is 28.6 Å². The van der Waals surface area contributed by atoms with Crippen molar-refractivity contribution in [3.8, 4) is 11.3 Å². The Bertz CT molecular complexity index is 753. The van der Waals surface area contributed by atoms with Crippen LogP contribution >= 0.6 is 11.3 Å². The molecule has 0 aliphatic rings. The second kappa shape index (κ2) is 7.21. The van der Waals surface area contributed by atoms with E-state index in [9.17, 15) is 9.90 Å². The Balaban J connectivity index is 1.54. The van der Waals surface area contributed by atoms with Gasteiger partial charge in [0.05, 0.1) is 6.10 Å². The standard InChI is InChI=1S/C17H16N2O3S/c20-15(13-7-9-23-11-13)6-8-18-17(21)14-10-16(22-19-14)12-4-2-1-3-5-12/h1-5,7,9-11,15,20H,6,8H2,(H,18,21)/t15-/m1/s1. The molecule has 0 spiro atoms. The summed E-state index contributed by atoms with van der Waals surface area (Å²) < 4.78 is 5.20.